The Labute approximate surface area is 187 Å². The Morgan fingerprint density at radius 2 is 1.82 bits per heavy atom. The van der Waals surface area contributed by atoms with E-state index in [1.165, 1.54) is 11.3 Å². The highest BCUT2D eigenvalue weighted by Gasteiger charge is 2.11. The predicted molar refractivity (Wildman–Crippen MR) is 131 cm³/mol. The van der Waals surface area contributed by atoms with E-state index >= 15 is 0 Å². The Morgan fingerprint density at radius 3 is 2.39 bits per heavy atom. The van der Waals surface area contributed by atoms with Crippen LogP contribution < -0.4 is 15.5 Å². The number of aliphatic hydroxyl groups is 1. The van der Waals surface area contributed by atoms with Crippen molar-refractivity contribution < 1.29 is 5.11 Å². The van der Waals surface area contributed by atoms with E-state index in [2.05, 4.69) is 72.7 Å². The van der Waals surface area contributed by atoms with Crippen LogP contribution in [0.25, 0.3) is 0 Å². The summed E-state index contributed by atoms with van der Waals surface area (Å²) in [7, 11) is 0. The fourth-order valence-corrected chi connectivity index (χ4v) is 3.41. The number of benzene rings is 1. The van der Waals surface area contributed by atoms with Gasteiger partial charge in [-0.1, -0.05) is 38.1 Å². The number of aliphatic hydroxyl groups excluding tert-OH is 1. The molecule has 0 amide bonds. The normalized spacial score (nSPS) is 14.9. The third-order valence-corrected chi connectivity index (χ3v) is 4.78. The van der Waals surface area contributed by atoms with Gasteiger partial charge in [-0.25, -0.2) is 4.99 Å². The number of guanidine groups is 1. The van der Waals surface area contributed by atoms with E-state index in [4.69, 9.17) is 4.99 Å². The van der Waals surface area contributed by atoms with Crippen molar-refractivity contribution in [3.8, 4) is 0 Å². The zero-order valence-electron chi connectivity index (χ0n) is 17.5. The topological polar surface area (TPSA) is 59.9 Å². The monoisotopic (exact) mass is 500 g/mol. The molecule has 0 aromatic heterocycles. The summed E-state index contributed by atoms with van der Waals surface area (Å²) in [5, 5.41) is 16.1. The summed E-state index contributed by atoms with van der Waals surface area (Å²) >= 11 is 0. The number of nitrogens with one attached hydrogen (secondary N) is 2. The SMILES string of the molecule is CCNC(=NCc1ccc(N2CC=CC2)cc1)NCC(CCO)CC(C)C.I. The van der Waals surface area contributed by atoms with E-state index < -0.39 is 0 Å². The average Bonchev–Trinajstić information content (AvgIpc) is 3.19. The summed E-state index contributed by atoms with van der Waals surface area (Å²) in [6, 6.07) is 8.68. The van der Waals surface area contributed by atoms with Gasteiger partial charge < -0.3 is 20.6 Å². The van der Waals surface area contributed by atoms with Crippen molar-refractivity contribution in [1.29, 1.82) is 0 Å². The smallest absolute Gasteiger partial charge is 0.191 e. The molecule has 1 aromatic rings. The van der Waals surface area contributed by atoms with Gasteiger partial charge in [-0.3, -0.25) is 0 Å². The van der Waals surface area contributed by atoms with Gasteiger partial charge >= 0.3 is 0 Å². The largest absolute Gasteiger partial charge is 0.396 e. The van der Waals surface area contributed by atoms with Crippen molar-refractivity contribution in [1.82, 2.24) is 10.6 Å². The van der Waals surface area contributed by atoms with Crippen LogP contribution >= 0.6 is 24.0 Å². The summed E-state index contributed by atoms with van der Waals surface area (Å²) in [5.74, 6) is 1.94. The average molecular weight is 500 g/mol. The molecule has 1 heterocycles. The molecule has 5 nitrogen and oxygen atoms in total. The molecule has 0 saturated heterocycles. The van der Waals surface area contributed by atoms with Crippen LogP contribution in [-0.4, -0.2) is 43.9 Å². The Bertz CT molecular complexity index is 593. The fourth-order valence-electron chi connectivity index (χ4n) is 3.41. The molecule has 2 rings (SSSR count). The van der Waals surface area contributed by atoms with Crippen LogP contribution in [0.4, 0.5) is 5.69 Å². The highest BCUT2D eigenvalue weighted by molar-refractivity contribution is 14.0. The quantitative estimate of drug-likeness (QED) is 0.198. The van der Waals surface area contributed by atoms with E-state index in [1.54, 1.807) is 0 Å². The highest BCUT2D eigenvalue weighted by Crippen LogP contribution is 2.18. The van der Waals surface area contributed by atoms with E-state index in [9.17, 15) is 5.11 Å². The maximum Gasteiger partial charge on any atom is 0.191 e. The first-order valence-corrected chi connectivity index (χ1v) is 10.2. The lowest BCUT2D eigenvalue weighted by atomic mass is 9.94. The van der Waals surface area contributed by atoms with Gasteiger partial charge in [-0.15, -0.1) is 24.0 Å². The van der Waals surface area contributed by atoms with Gasteiger partial charge in [0.25, 0.3) is 0 Å². The molecule has 158 valence electrons. The van der Waals surface area contributed by atoms with Crippen LogP contribution in [-0.2, 0) is 6.54 Å². The van der Waals surface area contributed by atoms with Gasteiger partial charge in [-0.2, -0.15) is 0 Å². The first kappa shape index (κ1) is 24.8. The number of hydrogen-bond acceptors (Lipinski definition) is 3. The molecular formula is C22H37IN4O. The molecule has 1 aromatic carbocycles. The van der Waals surface area contributed by atoms with Crippen molar-refractivity contribution in [3.63, 3.8) is 0 Å². The molecule has 1 unspecified atom stereocenters. The summed E-state index contributed by atoms with van der Waals surface area (Å²) in [5.41, 5.74) is 2.47. The zero-order chi connectivity index (χ0) is 19.5. The molecule has 1 aliphatic heterocycles. The molecule has 6 heteroatoms. The maximum atomic E-state index is 9.29. The van der Waals surface area contributed by atoms with Crippen LogP contribution in [0.1, 0.15) is 39.2 Å². The van der Waals surface area contributed by atoms with Gasteiger partial charge in [0, 0.05) is 38.5 Å². The van der Waals surface area contributed by atoms with E-state index in [-0.39, 0.29) is 30.6 Å². The standard InChI is InChI=1S/C22H36N4O.HI/c1-4-23-22(25-17-20(11-14-27)15-18(2)3)24-16-19-7-9-21(10-8-19)26-12-5-6-13-26;/h5-10,18,20,27H,4,11-17H2,1-3H3,(H2,23,24,25);1H. The van der Waals surface area contributed by atoms with Gasteiger partial charge in [0.15, 0.2) is 5.96 Å². The second-order valence-electron chi connectivity index (χ2n) is 7.63. The van der Waals surface area contributed by atoms with Crippen LogP contribution in [0, 0.1) is 11.8 Å². The van der Waals surface area contributed by atoms with Crippen LogP contribution in [0.5, 0.6) is 0 Å². The lowest BCUT2D eigenvalue weighted by Crippen LogP contribution is -2.40. The second kappa shape index (κ2) is 13.8. The van der Waals surface area contributed by atoms with Gasteiger partial charge in [0.1, 0.15) is 0 Å². The van der Waals surface area contributed by atoms with Crippen molar-refractivity contribution in [2.24, 2.45) is 16.8 Å². The summed E-state index contributed by atoms with van der Waals surface area (Å²) < 4.78 is 0. The van der Waals surface area contributed by atoms with E-state index in [1.807, 2.05) is 0 Å². The fraction of sp³-hybridized carbons (Fsp3) is 0.591. The number of aliphatic imine (C=N–C) groups is 1. The van der Waals surface area contributed by atoms with E-state index in [0.717, 1.165) is 45.0 Å². The third-order valence-electron chi connectivity index (χ3n) is 4.78. The van der Waals surface area contributed by atoms with Gasteiger partial charge in [0.05, 0.1) is 6.54 Å². The molecule has 0 fully saturated rings. The number of rotatable bonds is 10. The lowest BCUT2D eigenvalue weighted by Gasteiger charge is -2.20. The van der Waals surface area contributed by atoms with Gasteiger partial charge in [0.2, 0.25) is 0 Å². The van der Waals surface area contributed by atoms with Crippen molar-refractivity contribution in [2.45, 2.75) is 40.2 Å². The molecule has 0 bridgehead atoms. The Hall–Kier alpha value is -1.28. The minimum atomic E-state index is 0. The summed E-state index contributed by atoms with van der Waals surface area (Å²) in [6.45, 7) is 11.1. The Kier molecular flexibility index (Phi) is 12.2. The molecule has 3 N–H and O–H groups in total. The molecule has 0 spiro atoms. The molecule has 1 aliphatic rings. The van der Waals surface area contributed by atoms with Crippen LogP contribution in [0.15, 0.2) is 41.4 Å². The minimum absolute atomic E-state index is 0. The maximum absolute atomic E-state index is 9.29. The molecule has 28 heavy (non-hydrogen) atoms. The molecule has 1 atom stereocenters. The summed E-state index contributed by atoms with van der Waals surface area (Å²) in [6.07, 6.45) is 6.35. The van der Waals surface area contributed by atoms with E-state index in [0.29, 0.717) is 18.4 Å². The third kappa shape index (κ3) is 8.82. The first-order valence-electron chi connectivity index (χ1n) is 10.2. The Morgan fingerprint density at radius 1 is 1.14 bits per heavy atom. The minimum Gasteiger partial charge on any atom is -0.396 e. The first-order chi connectivity index (χ1) is 13.1. The molecule has 0 saturated carbocycles. The van der Waals surface area contributed by atoms with Crippen molar-refractivity contribution >= 4 is 35.6 Å². The highest BCUT2D eigenvalue weighted by atomic mass is 127. The van der Waals surface area contributed by atoms with Gasteiger partial charge in [-0.05, 0) is 49.3 Å². The second-order valence-corrected chi connectivity index (χ2v) is 7.63. The van der Waals surface area contributed by atoms with Crippen molar-refractivity contribution in [2.75, 3.05) is 37.7 Å². The Balaban J connectivity index is 0.00000392. The van der Waals surface area contributed by atoms with Crippen molar-refractivity contribution in [3.05, 3.63) is 42.0 Å². The predicted octanol–water partition coefficient (Wildman–Crippen LogP) is 3.78. The lowest BCUT2D eigenvalue weighted by molar-refractivity contribution is 0.243. The van der Waals surface area contributed by atoms with Crippen LogP contribution in [0.3, 0.4) is 0 Å². The number of nitrogens with zero attached hydrogens (tertiary/aromatic N) is 2. The number of hydrogen-bond donors (Lipinski definition) is 3. The molecular weight excluding hydrogens is 463 g/mol. The summed E-state index contributed by atoms with van der Waals surface area (Å²) in [4.78, 5) is 7.07. The number of halogens is 1. The van der Waals surface area contributed by atoms with Crippen LogP contribution in [0.2, 0.25) is 0 Å². The molecule has 0 radical (unpaired) electrons. The number of anilines is 1. The molecule has 0 aliphatic carbocycles. The zero-order valence-corrected chi connectivity index (χ0v) is 19.9.